The lowest BCUT2D eigenvalue weighted by Gasteiger charge is -2.27. The SMILES string of the molecule is Cc1ccc(CN(Cc2ccccc2)C(=O)CN(CC(C)C)S(=O)(=O)/C=C/c2ccccc2)o1. The summed E-state index contributed by atoms with van der Waals surface area (Å²) >= 11 is 0. The maximum Gasteiger partial charge on any atom is 0.238 e. The fourth-order valence-corrected chi connectivity index (χ4v) is 4.82. The highest BCUT2D eigenvalue weighted by molar-refractivity contribution is 7.92. The number of carbonyl (C=O) groups excluding carboxylic acids is 1. The van der Waals surface area contributed by atoms with Gasteiger partial charge in [0.25, 0.3) is 0 Å². The van der Waals surface area contributed by atoms with E-state index >= 15 is 0 Å². The topological polar surface area (TPSA) is 70.8 Å². The van der Waals surface area contributed by atoms with Crippen molar-refractivity contribution < 1.29 is 17.6 Å². The predicted molar refractivity (Wildman–Crippen MR) is 135 cm³/mol. The van der Waals surface area contributed by atoms with E-state index in [1.807, 2.05) is 93.6 Å². The number of carbonyl (C=O) groups is 1. The normalized spacial score (nSPS) is 12.0. The first-order chi connectivity index (χ1) is 16.2. The molecular weight excluding hydrogens is 448 g/mol. The molecule has 1 heterocycles. The molecule has 0 aliphatic carbocycles. The molecule has 3 rings (SSSR count). The minimum atomic E-state index is -3.80. The van der Waals surface area contributed by atoms with Gasteiger partial charge in [0.15, 0.2) is 0 Å². The van der Waals surface area contributed by atoms with Crippen LogP contribution < -0.4 is 0 Å². The highest BCUT2D eigenvalue weighted by atomic mass is 32.2. The van der Waals surface area contributed by atoms with E-state index in [1.165, 1.54) is 9.71 Å². The first kappa shape index (κ1) is 25.5. The number of hydrogen-bond acceptors (Lipinski definition) is 4. The van der Waals surface area contributed by atoms with Gasteiger partial charge in [-0.1, -0.05) is 74.5 Å². The molecule has 1 aromatic heterocycles. The van der Waals surface area contributed by atoms with Gasteiger partial charge >= 0.3 is 0 Å². The minimum absolute atomic E-state index is 0.0583. The van der Waals surface area contributed by atoms with Gasteiger partial charge in [0.2, 0.25) is 15.9 Å². The maximum atomic E-state index is 13.4. The molecule has 0 aliphatic rings. The third-order valence-electron chi connectivity index (χ3n) is 5.18. The zero-order chi connectivity index (χ0) is 24.6. The van der Waals surface area contributed by atoms with E-state index in [9.17, 15) is 13.2 Å². The van der Waals surface area contributed by atoms with Gasteiger partial charge in [-0.2, -0.15) is 4.31 Å². The minimum Gasteiger partial charge on any atom is -0.464 e. The monoisotopic (exact) mass is 480 g/mol. The van der Waals surface area contributed by atoms with Gasteiger partial charge in [0, 0.05) is 18.5 Å². The molecule has 2 aromatic carbocycles. The molecule has 0 aliphatic heterocycles. The fourth-order valence-electron chi connectivity index (χ4n) is 3.53. The Balaban J connectivity index is 1.82. The van der Waals surface area contributed by atoms with E-state index in [0.29, 0.717) is 12.3 Å². The number of benzene rings is 2. The Bertz CT molecular complexity index is 1190. The number of amides is 1. The van der Waals surface area contributed by atoms with Crippen LogP contribution in [0.25, 0.3) is 6.08 Å². The molecule has 6 nitrogen and oxygen atoms in total. The summed E-state index contributed by atoms with van der Waals surface area (Å²) in [6.07, 6.45) is 1.56. The van der Waals surface area contributed by atoms with Gasteiger partial charge in [0.05, 0.1) is 13.1 Å². The van der Waals surface area contributed by atoms with Gasteiger partial charge in [-0.25, -0.2) is 8.42 Å². The predicted octanol–water partition coefficient (Wildman–Crippen LogP) is 5.08. The Morgan fingerprint density at radius 1 is 0.941 bits per heavy atom. The second-order valence-corrected chi connectivity index (χ2v) is 10.5. The summed E-state index contributed by atoms with van der Waals surface area (Å²) in [6, 6.07) is 22.6. The van der Waals surface area contributed by atoms with Gasteiger partial charge in [-0.3, -0.25) is 4.79 Å². The molecule has 0 saturated heterocycles. The Morgan fingerprint density at radius 2 is 1.59 bits per heavy atom. The average molecular weight is 481 g/mol. The highest BCUT2D eigenvalue weighted by Gasteiger charge is 2.26. The van der Waals surface area contributed by atoms with Crippen molar-refractivity contribution in [2.75, 3.05) is 13.1 Å². The average Bonchev–Trinajstić information content (AvgIpc) is 3.22. The number of rotatable bonds is 11. The molecule has 0 bridgehead atoms. The summed E-state index contributed by atoms with van der Waals surface area (Å²) in [5, 5.41) is 1.18. The van der Waals surface area contributed by atoms with Gasteiger partial charge in [-0.15, -0.1) is 0 Å². The molecule has 1 amide bonds. The Kier molecular flexibility index (Phi) is 8.85. The van der Waals surface area contributed by atoms with E-state index in [4.69, 9.17) is 4.42 Å². The van der Waals surface area contributed by atoms with Crippen LogP contribution in [0.4, 0.5) is 0 Å². The van der Waals surface area contributed by atoms with Gasteiger partial charge in [0.1, 0.15) is 11.5 Å². The third kappa shape index (κ3) is 7.71. The molecule has 180 valence electrons. The summed E-state index contributed by atoms with van der Waals surface area (Å²) < 4.78 is 33.3. The Labute approximate surface area is 202 Å². The van der Waals surface area contributed by atoms with Crippen molar-refractivity contribution in [2.24, 2.45) is 5.92 Å². The van der Waals surface area contributed by atoms with Crippen LogP contribution in [0.15, 0.2) is 82.6 Å². The van der Waals surface area contributed by atoms with Crippen molar-refractivity contribution in [2.45, 2.75) is 33.9 Å². The van der Waals surface area contributed by atoms with Gasteiger partial charge < -0.3 is 9.32 Å². The molecule has 3 aromatic rings. The van der Waals surface area contributed by atoms with Crippen molar-refractivity contribution >= 4 is 22.0 Å². The van der Waals surface area contributed by atoms with Crippen LogP contribution in [0.1, 0.15) is 36.5 Å². The van der Waals surface area contributed by atoms with Crippen molar-refractivity contribution in [1.29, 1.82) is 0 Å². The molecule has 0 spiro atoms. The van der Waals surface area contributed by atoms with E-state index in [0.717, 1.165) is 16.9 Å². The van der Waals surface area contributed by atoms with Crippen LogP contribution in [0.5, 0.6) is 0 Å². The first-order valence-corrected chi connectivity index (χ1v) is 12.8. The largest absolute Gasteiger partial charge is 0.464 e. The van der Waals surface area contributed by atoms with Crippen molar-refractivity contribution in [3.8, 4) is 0 Å². The van der Waals surface area contributed by atoms with Gasteiger partial charge in [-0.05, 0) is 42.2 Å². The summed E-state index contributed by atoms with van der Waals surface area (Å²) in [7, 11) is -3.80. The second-order valence-electron chi connectivity index (χ2n) is 8.69. The molecule has 34 heavy (non-hydrogen) atoms. The molecule has 7 heteroatoms. The smallest absolute Gasteiger partial charge is 0.238 e. The van der Waals surface area contributed by atoms with E-state index in [1.54, 1.807) is 11.0 Å². The lowest BCUT2D eigenvalue weighted by Crippen LogP contribution is -2.43. The molecule has 0 radical (unpaired) electrons. The van der Waals surface area contributed by atoms with Crippen LogP contribution in [0, 0.1) is 12.8 Å². The van der Waals surface area contributed by atoms with Crippen LogP contribution in [-0.2, 0) is 27.9 Å². The maximum absolute atomic E-state index is 13.4. The van der Waals surface area contributed by atoms with E-state index in [2.05, 4.69) is 0 Å². The van der Waals surface area contributed by atoms with Crippen molar-refractivity contribution in [3.05, 3.63) is 101 Å². The van der Waals surface area contributed by atoms with Crippen LogP contribution in [0.3, 0.4) is 0 Å². The molecule has 0 saturated carbocycles. The lowest BCUT2D eigenvalue weighted by atomic mass is 10.2. The van der Waals surface area contributed by atoms with E-state index in [-0.39, 0.29) is 31.5 Å². The summed E-state index contributed by atoms with van der Waals surface area (Å²) in [4.78, 5) is 15.1. The Morgan fingerprint density at radius 3 is 2.18 bits per heavy atom. The number of hydrogen-bond donors (Lipinski definition) is 0. The lowest BCUT2D eigenvalue weighted by molar-refractivity contribution is -0.133. The summed E-state index contributed by atoms with van der Waals surface area (Å²) in [6.45, 7) is 6.33. The van der Waals surface area contributed by atoms with Crippen LogP contribution >= 0.6 is 0 Å². The van der Waals surface area contributed by atoms with Crippen molar-refractivity contribution in [3.63, 3.8) is 0 Å². The third-order valence-corrected chi connectivity index (χ3v) is 6.66. The second kappa shape index (κ2) is 11.8. The first-order valence-electron chi connectivity index (χ1n) is 11.3. The Hall–Kier alpha value is -3.16. The fraction of sp³-hybridized carbons (Fsp3) is 0.296. The van der Waals surface area contributed by atoms with Crippen molar-refractivity contribution in [1.82, 2.24) is 9.21 Å². The molecule has 0 fully saturated rings. The zero-order valence-corrected chi connectivity index (χ0v) is 20.7. The quantitative estimate of drug-likeness (QED) is 0.384. The molecule has 0 atom stereocenters. The number of aryl methyl sites for hydroxylation is 1. The number of nitrogens with zero attached hydrogens (tertiary/aromatic N) is 2. The van der Waals surface area contributed by atoms with E-state index < -0.39 is 10.0 Å². The van der Waals surface area contributed by atoms with Crippen LogP contribution in [0.2, 0.25) is 0 Å². The molecule has 0 unspecified atom stereocenters. The number of furan rings is 1. The molecule has 0 N–H and O–H groups in total. The molecular formula is C27H32N2O4S. The zero-order valence-electron chi connectivity index (χ0n) is 19.9. The standard InChI is InChI=1S/C27H32N2O4S/c1-22(2)18-29(34(31,32)17-16-24-10-6-4-7-11-24)21-27(30)28(19-25-12-8-5-9-13-25)20-26-15-14-23(3)33-26/h4-17,22H,18-21H2,1-3H3/b17-16+. The summed E-state index contributed by atoms with van der Waals surface area (Å²) in [5.41, 5.74) is 1.74. The number of sulfonamides is 1. The van der Waals surface area contributed by atoms with Crippen LogP contribution in [-0.4, -0.2) is 36.6 Å². The summed E-state index contributed by atoms with van der Waals surface area (Å²) in [5.74, 6) is 1.19. The highest BCUT2D eigenvalue weighted by Crippen LogP contribution is 2.16.